The summed E-state index contributed by atoms with van der Waals surface area (Å²) in [6.45, 7) is 3.62. The van der Waals surface area contributed by atoms with Gasteiger partial charge in [-0.2, -0.15) is 12.6 Å². The molecule has 0 radical (unpaired) electrons. The molecule has 0 aliphatic heterocycles. The molecular formula is C5H13NO2S2. The van der Waals surface area contributed by atoms with Crippen molar-refractivity contribution in [2.24, 2.45) is 10.6 Å². The van der Waals surface area contributed by atoms with Gasteiger partial charge >= 0.3 is 0 Å². The summed E-state index contributed by atoms with van der Waals surface area (Å²) in [5.74, 6) is 0.507. The number of hydrogen-bond acceptors (Lipinski definition) is 3. The summed E-state index contributed by atoms with van der Waals surface area (Å²) < 4.78 is 21.1. The lowest BCUT2D eigenvalue weighted by Crippen LogP contribution is -2.30. The van der Waals surface area contributed by atoms with Crippen LogP contribution < -0.4 is 5.14 Å². The van der Waals surface area contributed by atoms with Gasteiger partial charge in [0.15, 0.2) is 0 Å². The van der Waals surface area contributed by atoms with Gasteiger partial charge in [0.25, 0.3) is 0 Å². The fraction of sp³-hybridized carbons (Fsp3) is 1.00. The molecule has 0 saturated carbocycles. The smallest absolute Gasteiger partial charge is 0.209 e. The summed E-state index contributed by atoms with van der Waals surface area (Å²) in [5, 5.41) is 4.84. The maximum absolute atomic E-state index is 10.5. The molecule has 0 saturated heterocycles. The third-order valence-corrected chi connectivity index (χ3v) is 3.06. The maximum Gasteiger partial charge on any atom is 0.209 e. The second-order valence-electron chi connectivity index (χ2n) is 3.13. The normalized spacial score (nSPS) is 13.6. The monoisotopic (exact) mass is 183 g/mol. The van der Waals surface area contributed by atoms with Crippen LogP contribution in [0, 0.1) is 5.41 Å². The Morgan fingerprint density at radius 3 is 2.00 bits per heavy atom. The molecule has 0 aromatic heterocycles. The molecule has 5 heteroatoms. The lowest BCUT2D eigenvalue weighted by Gasteiger charge is -2.19. The highest BCUT2D eigenvalue weighted by atomic mass is 32.2. The van der Waals surface area contributed by atoms with Crippen LogP contribution in [0.5, 0.6) is 0 Å². The van der Waals surface area contributed by atoms with E-state index in [2.05, 4.69) is 12.6 Å². The van der Waals surface area contributed by atoms with Crippen LogP contribution in [0.2, 0.25) is 0 Å². The molecule has 0 spiro atoms. The average Bonchev–Trinajstić information content (AvgIpc) is 1.60. The fourth-order valence-electron chi connectivity index (χ4n) is 0.590. The van der Waals surface area contributed by atoms with E-state index >= 15 is 0 Å². The number of rotatable bonds is 3. The minimum atomic E-state index is -3.34. The highest BCUT2D eigenvalue weighted by Crippen LogP contribution is 2.17. The van der Waals surface area contributed by atoms with E-state index in [0.717, 1.165) is 0 Å². The first-order valence-corrected chi connectivity index (χ1v) is 5.23. The summed E-state index contributed by atoms with van der Waals surface area (Å²) in [6.07, 6.45) is 0. The van der Waals surface area contributed by atoms with Crippen molar-refractivity contribution in [3.63, 3.8) is 0 Å². The van der Waals surface area contributed by atoms with Crippen molar-refractivity contribution in [1.82, 2.24) is 0 Å². The molecule has 0 amide bonds. The maximum atomic E-state index is 10.5. The molecule has 0 aromatic rings. The van der Waals surface area contributed by atoms with Gasteiger partial charge in [-0.05, 0) is 11.2 Å². The van der Waals surface area contributed by atoms with E-state index in [1.54, 1.807) is 0 Å². The molecule has 0 aromatic carbocycles. The first kappa shape index (κ1) is 10.3. The van der Waals surface area contributed by atoms with Gasteiger partial charge in [-0.25, -0.2) is 13.6 Å². The summed E-state index contributed by atoms with van der Waals surface area (Å²) >= 11 is 3.99. The Hall–Kier alpha value is 0.260. The van der Waals surface area contributed by atoms with Gasteiger partial charge in [-0.1, -0.05) is 13.8 Å². The van der Waals surface area contributed by atoms with Gasteiger partial charge in [0.2, 0.25) is 10.0 Å². The number of primary sulfonamides is 1. The quantitative estimate of drug-likeness (QED) is 0.615. The van der Waals surface area contributed by atoms with E-state index in [9.17, 15) is 8.42 Å². The molecular weight excluding hydrogens is 170 g/mol. The predicted molar refractivity (Wildman–Crippen MR) is 45.6 cm³/mol. The molecule has 0 aliphatic carbocycles. The first-order valence-electron chi connectivity index (χ1n) is 2.88. The second-order valence-corrected chi connectivity index (χ2v) is 5.06. The number of nitrogens with two attached hydrogens (primary N) is 1. The summed E-state index contributed by atoms with van der Waals surface area (Å²) in [4.78, 5) is 0. The standard InChI is InChI=1S/C5H13NO2S2/c1-5(2,3-9)4-10(6,7)8/h9H,3-4H2,1-2H3,(H2,6,7,8). The van der Waals surface area contributed by atoms with Gasteiger partial charge in [0.05, 0.1) is 5.75 Å². The second kappa shape index (κ2) is 3.11. The Labute approximate surface area is 67.5 Å². The van der Waals surface area contributed by atoms with Crippen LogP contribution in [-0.4, -0.2) is 19.9 Å². The lowest BCUT2D eigenvalue weighted by atomic mass is 10.0. The largest absolute Gasteiger partial charge is 0.229 e. The molecule has 0 heterocycles. The van der Waals surface area contributed by atoms with Crippen LogP contribution in [0.15, 0.2) is 0 Å². The van der Waals surface area contributed by atoms with Crippen LogP contribution in [0.4, 0.5) is 0 Å². The van der Waals surface area contributed by atoms with E-state index in [-0.39, 0.29) is 11.2 Å². The Bertz CT molecular complexity index is 196. The highest BCUT2D eigenvalue weighted by Gasteiger charge is 2.21. The molecule has 0 fully saturated rings. The summed E-state index contributed by atoms with van der Waals surface area (Å²) in [5.41, 5.74) is -0.323. The van der Waals surface area contributed by atoms with Crippen LogP contribution in [0.25, 0.3) is 0 Å². The molecule has 2 N–H and O–H groups in total. The number of sulfonamides is 1. The van der Waals surface area contributed by atoms with E-state index in [4.69, 9.17) is 5.14 Å². The van der Waals surface area contributed by atoms with Gasteiger partial charge in [-0.3, -0.25) is 0 Å². The van der Waals surface area contributed by atoms with E-state index in [0.29, 0.717) is 5.75 Å². The minimum absolute atomic E-state index is 0.0104. The molecule has 10 heavy (non-hydrogen) atoms. The van der Waals surface area contributed by atoms with Crippen molar-refractivity contribution < 1.29 is 8.42 Å². The van der Waals surface area contributed by atoms with Crippen molar-refractivity contribution in [3.8, 4) is 0 Å². The molecule has 0 aliphatic rings. The highest BCUT2D eigenvalue weighted by molar-refractivity contribution is 7.89. The SMILES string of the molecule is CC(C)(CS)CS(N)(=O)=O. The molecule has 62 valence electrons. The topological polar surface area (TPSA) is 60.2 Å². The molecule has 0 rings (SSSR count). The van der Waals surface area contributed by atoms with Crippen LogP contribution in [0.3, 0.4) is 0 Å². The zero-order chi connectivity index (χ0) is 8.41. The van der Waals surface area contributed by atoms with Crippen molar-refractivity contribution in [3.05, 3.63) is 0 Å². The molecule has 0 unspecified atom stereocenters. The van der Waals surface area contributed by atoms with E-state index < -0.39 is 10.0 Å². The molecule has 3 nitrogen and oxygen atoms in total. The Morgan fingerprint density at radius 2 is 1.90 bits per heavy atom. The Kier molecular flexibility index (Phi) is 3.19. The van der Waals surface area contributed by atoms with Gasteiger partial charge in [-0.15, -0.1) is 0 Å². The lowest BCUT2D eigenvalue weighted by molar-refractivity contribution is 0.473. The Morgan fingerprint density at radius 1 is 1.50 bits per heavy atom. The average molecular weight is 183 g/mol. The number of hydrogen-bond donors (Lipinski definition) is 2. The molecule has 0 atom stereocenters. The van der Waals surface area contributed by atoms with Crippen molar-refractivity contribution in [2.45, 2.75) is 13.8 Å². The first-order chi connectivity index (χ1) is 4.27. The van der Waals surface area contributed by atoms with Crippen molar-refractivity contribution >= 4 is 22.7 Å². The van der Waals surface area contributed by atoms with Crippen LogP contribution >= 0.6 is 12.6 Å². The van der Waals surface area contributed by atoms with Gasteiger partial charge < -0.3 is 0 Å². The van der Waals surface area contributed by atoms with Crippen LogP contribution in [0.1, 0.15) is 13.8 Å². The van der Waals surface area contributed by atoms with Gasteiger partial charge in [0, 0.05) is 0 Å². The third-order valence-electron chi connectivity index (χ3n) is 1.02. The zero-order valence-electron chi connectivity index (χ0n) is 6.16. The van der Waals surface area contributed by atoms with Crippen molar-refractivity contribution in [1.29, 1.82) is 0 Å². The van der Waals surface area contributed by atoms with E-state index in [1.807, 2.05) is 13.8 Å². The number of thiol groups is 1. The third kappa shape index (κ3) is 5.08. The Balaban J connectivity index is 4.16. The van der Waals surface area contributed by atoms with E-state index in [1.165, 1.54) is 0 Å². The summed E-state index contributed by atoms with van der Waals surface area (Å²) in [6, 6.07) is 0. The van der Waals surface area contributed by atoms with Crippen molar-refractivity contribution in [2.75, 3.05) is 11.5 Å². The molecule has 0 bridgehead atoms. The summed E-state index contributed by atoms with van der Waals surface area (Å²) in [7, 11) is -3.34. The zero-order valence-corrected chi connectivity index (χ0v) is 7.87. The minimum Gasteiger partial charge on any atom is -0.229 e. The van der Waals surface area contributed by atoms with Gasteiger partial charge in [0.1, 0.15) is 0 Å². The fourth-order valence-corrected chi connectivity index (χ4v) is 2.04. The van der Waals surface area contributed by atoms with Crippen LogP contribution in [-0.2, 0) is 10.0 Å². The predicted octanol–water partition coefficient (Wildman–Crippen LogP) is 0.231.